The monoisotopic (exact) mass is 337 g/mol. The number of amides is 1. The zero-order valence-electron chi connectivity index (χ0n) is 11.0. The third-order valence-corrected chi connectivity index (χ3v) is 3.45. The van der Waals surface area contributed by atoms with Gasteiger partial charge in [-0.25, -0.2) is 0 Å². The van der Waals surface area contributed by atoms with Crippen molar-refractivity contribution in [3.05, 3.63) is 58.5 Å². The molecule has 20 heavy (non-hydrogen) atoms. The minimum absolute atomic E-state index is 0.218. The van der Waals surface area contributed by atoms with E-state index in [4.69, 9.17) is 4.42 Å². The van der Waals surface area contributed by atoms with Crippen molar-refractivity contribution >= 4 is 21.8 Å². The molecule has 1 aromatic heterocycles. The molecule has 0 bridgehead atoms. The molecule has 2 N–H and O–H groups in total. The molecule has 2 unspecified atom stereocenters. The summed E-state index contributed by atoms with van der Waals surface area (Å²) in [5, 5.41) is 12.8. The van der Waals surface area contributed by atoms with Crippen LogP contribution in [0.1, 0.15) is 23.0 Å². The van der Waals surface area contributed by atoms with Crippen LogP contribution in [0.5, 0.6) is 0 Å². The van der Waals surface area contributed by atoms with Gasteiger partial charge in [-0.05, 0) is 40.5 Å². The SMILES string of the molecule is CC(NC(=O)c1ccc(Br)o1)C(O)Cc1ccccc1. The largest absolute Gasteiger partial charge is 0.444 e. The van der Waals surface area contributed by atoms with Gasteiger partial charge in [0.25, 0.3) is 5.91 Å². The summed E-state index contributed by atoms with van der Waals surface area (Å²) in [7, 11) is 0. The average molecular weight is 338 g/mol. The van der Waals surface area contributed by atoms with Gasteiger partial charge in [0, 0.05) is 6.42 Å². The summed E-state index contributed by atoms with van der Waals surface area (Å²) >= 11 is 3.14. The summed E-state index contributed by atoms with van der Waals surface area (Å²) in [4.78, 5) is 11.9. The fraction of sp³-hybridized carbons (Fsp3) is 0.267. The lowest BCUT2D eigenvalue weighted by molar-refractivity contribution is 0.0824. The van der Waals surface area contributed by atoms with Gasteiger partial charge in [-0.3, -0.25) is 4.79 Å². The van der Waals surface area contributed by atoms with Crippen molar-refractivity contribution < 1.29 is 14.3 Å². The standard InChI is InChI=1S/C15H16BrNO3/c1-10(12(18)9-11-5-3-2-4-6-11)17-15(19)13-7-8-14(16)20-13/h2-8,10,12,18H,9H2,1H3,(H,17,19). The number of aliphatic hydroxyl groups excluding tert-OH is 1. The Morgan fingerprint density at radius 3 is 2.60 bits per heavy atom. The Morgan fingerprint density at radius 2 is 2.00 bits per heavy atom. The number of benzene rings is 1. The third-order valence-electron chi connectivity index (χ3n) is 3.02. The van der Waals surface area contributed by atoms with Crippen molar-refractivity contribution in [1.82, 2.24) is 5.32 Å². The lowest BCUT2D eigenvalue weighted by Crippen LogP contribution is -2.42. The number of aliphatic hydroxyl groups is 1. The van der Waals surface area contributed by atoms with Gasteiger partial charge in [0.1, 0.15) is 0 Å². The molecule has 106 valence electrons. The van der Waals surface area contributed by atoms with Crippen LogP contribution in [0.25, 0.3) is 0 Å². The Balaban J connectivity index is 1.91. The zero-order valence-corrected chi connectivity index (χ0v) is 12.6. The number of hydrogen-bond acceptors (Lipinski definition) is 3. The van der Waals surface area contributed by atoms with E-state index in [-0.39, 0.29) is 17.7 Å². The van der Waals surface area contributed by atoms with E-state index in [1.165, 1.54) is 0 Å². The molecule has 2 atom stereocenters. The van der Waals surface area contributed by atoms with E-state index >= 15 is 0 Å². The van der Waals surface area contributed by atoms with Crippen LogP contribution in [0, 0.1) is 0 Å². The van der Waals surface area contributed by atoms with Gasteiger partial charge in [0.2, 0.25) is 0 Å². The van der Waals surface area contributed by atoms with Crippen molar-refractivity contribution in [2.24, 2.45) is 0 Å². The predicted octanol–water partition coefficient (Wildman–Crippen LogP) is 2.76. The highest BCUT2D eigenvalue weighted by atomic mass is 79.9. The first-order chi connectivity index (χ1) is 9.56. The van der Waals surface area contributed by atoms with E-state index in [2.05, 4.69) is 21.2 Å². The second-order valence-electron chi connectivity index (χ2n) is 4.62. The van der Waals surface area contributed by atoms with Crippen LogP contribution in [0.4, 0.5) is 0 Å². The molecule has 1 amide bonds. The van der Waals surface area contributed by atoms with Gasteiger partial charge in [0.15, 0.2) is 10.4 Å². The van der Waals surface area contributed by atoms with Crippen molar-refractivity contribution in [3.63, 3.8) is 0 Å². The van der Waals surface area contributed by atoms with Crippen molar-refractivity contribution in [2.45, 2.75) is 25.5 Å². The van der Waals surface area contributed by atoms with Crippen LogP contribution in [0.3, 0.4) is 0 Å². The van der Waals surface area contributed by atoms with Gasteiger partial charge in [-0.15, -0.1) is 0 Å². The lowest BCUT2D eigenvalue weighted by Gasteiger charge is -2.19. The highest BCUT2D eigenvalue weighted by Crippen LogP contribution is 2.14. The number of rotatable bonds is 5. The van der Waals surface area contributed by atoms with Gasteiger partial charge < -0.3 is 14.8 Å². The molecule has 1 heterocycles. The summed E-state index contributed by atoms with van der Waals surface area (Å²) in [5.41, 5.74) is 1.03. The van der Waals surface area contributed by atoms with Crippen LogP contribution < -0.4 is 5.32 Å². The molecule has 0 aliphatic carbocycles. The van der Waals surface area contributed by atoms with E-state index in [1.54, 1.807) is 19.1 Å². The smallest absolute Gasteiger partial charge is 0.287 e. The Morgan fingerprint density at radius 1 is 1.30 bits per heavy atom. The maximum Gasteiger partial charge on any atom is 0.287 e. The minimum atomic E-state index is -0.653. The summed E-state index contributed by atoms with van der Waals surface area (Å²) in [6.45, 7) is 1.77. The zero-order chi connectivity index (χ0) is 14.5. The average Bonchev–Trinajstić information content (AvgIpc) is 2.86. The molecule has 1 aromatic carbocycles. The molecule has 0 radical (unpaired) electrons. The first-order valence-corrected chi connectivity index (χ1v) is 7.14. The molecular weight excluding hydrogens is 322 g/mol. The Labute approximate surface area is 125 Å². The third kappa shape index (κ3) is 3.95. The van der Waals surface area contributed by atoms with E-state index in [9.17, 15) is 9.90 Å². The maximum atomic E-state index is 11.9. The van der Waals surface area contributed by atoms with Crippen LogP contribution in [-0.2, 0) is 6.42 Å². The lowest BCUT2D eigenvalue weighted by atomic mass is 10.0. The van der Waals surface area contributed by atoms with E-state index < -0.39 is 6.10 Å². The Bertz CT molecular complexity index is 568. The molecule has 4 nitrogen and oxygen atoms in total. The van der Waals surface area contributed by atoms with Gasteiger partial charge in [0.05, 0.1) is 12.1 Å². The highest BCUT2D eigenvalue weighted by Gasteiger charge is 2.19. The van der Waals surface area contributed by atoms with E-state index in [0.717, 1.165) is 5.56 Å². The van der Waals surface area contributed by atoms with Gasteiger partial charge >= 0.3 is 0 Å². The minimum Gasteiger partial charge on any atom is -0.444 e. The number of hydrogen-bond donors (Lipinski definition) is 2. The highest BCUT2D eigenvalue weighted by molar-refractivity contribution is 9.10. The van der Waals surface area contributed by atoms with E-state index in [1.807, 2.05) is 30.3 Å². The molecule has 0 aliphatic heterocycles. The fourth-order valence-corrected chi connectivity index (χ4v) is 2.15. The molecule has 0 fully saturated rings. The number of halogens is 1. The van der Waals surface area contributed by atoms with Crippen LogP contribution >= 0.6 is 15.9 Å². The molecular formula is C15H16BrNO3. The molecule has 0 spiro atoms. The van der Waals surface area contributed by atoms with Crippen molar-refractivity contribution in [2.75, 3.05) is 0 Å². The Kier molecular flexibility index (Phi) is 4.98. The number of carbonyl (C=O) groups is 1. The second kappa shape index (κ2) is 6.72. The molecule has 0 saturated carbocycles. The summed E-state index contributed by atoms with van der Waals surface area (Å²) in [5.74, 6) is -0.119. The topological polar surface area (TPSA) is 62.5 Å². The number of nitrogens with one attached hydrogen (secondary N) is 1. The molecule has 5 heteroatoms. The summed E-state index contributed by atoms with van der Waals surface area (Å²) in [6, 6.07) is 12.5. The molecule has 2 aromatic rings. The van der Waals surface area contributed by atoms with Crippen LogP contribution in [0.15, 0.2) is 51.6 Å². The molecule has 0 saturated heterocycles. The van der Waals surface area contributed by atoms with Gasteiger partial charge in [-0.1, -0.05) is 30.3 Å². The Hall–Kier alpha value is -1.59. The van der Waals surface area contributed by atoms with Crippen molar-refractivity contribution in [1.29, 1.82) is 0 Å². The normalized spacial score (nSPS) is 13.8. The fourth-order valence-electron chi connectivity index (χ4n) is 1.84. The van der Waals surface area contributed by atoms with Gasteiger partial charge in [-0.2, -0.15) is 0 Å². The number of carbonyl (C=O) groups excluding carboxylic acids is 1. The van der Waals surface area contributed by atoms with Crippen molar-refractivity contribution in [3.8, 4) is 0 Å². The summed E-state index contributed by atoms with van der Waals surface area (Å²) < 4.78 is 5.67. The molecule has 0 aliphatic rings. The summed E-state index contributed by atoms with van der Waals surface area (Å²) in [6.07, 6.45) is -0.163. The first-order valence-electron chi connectivity index (χ1n) is 6.34. The predicted molar refractivity (Wildman–Crippen MR) is 79.5 cm³/mol. The quantitative estimate of drug-likeness (QED) is 0.881. The first kappa shape index (κ1) is 14.8. The van der Waals surface area contributed by atoms with E-state index in [0.29, 0.717) is 11.1 Å². The second-order valence-corrected chi connectivity index (χ2v) is 5.40. The maximum absolute atomic E-state index is 11.9. The van der Waals surface area contributed by atoms with Crippen LogP contribution in [0.2, 0.25) is 0 Å². The van der Waals surface area contributed by atoms with Crippen LogP contribution in [-0.4, -0.2) is 23.2 Å². The number of furan rings is 1. The molecule has 2 rings (SSSR count).